The lowest BCUT2D eigenvalue weighted by Crippen LogP contribution is -2.24. The highest BCUT2D eigenvalue weighted by Gasteiger charge is 2.33. The van der Waals surface area contributed by atoms with E-state index in [0.717, 1.165) is 32.5 Å². The van der Waals surface area contributed by atoms with Gasteiger partial charge in [-0.25, -0.2) is 0 Å². The molecule has 27 heavy (non-hydrogen) atoms. The van der Waals surface area contributed by atoms with Gasteiger partial charge in [0.25, 0.3) is 6.29 Å². The lowest BCUT2D eigenvalue weighted by Gasteiger charge is -2.33. The molecule has 1 heterocycles. The SMILES string of the molecule is CC1(C)CC(=O)C=C(OC2OC(c3ccccc3)=C(I)c3ccccc32)C1. The first-order chi connectivity index (χ1) is 12.9. The molecule has 2 aliphatic rings. The topological polar surface area (TPSA) is 35.5 Å². The average molecular weight is 472 g/mol. The Kier molecular flexibility index (Phi) is 4.84. The Bertz CT molecular complexity index is 941. The van der Waals surface area contributed by atoms with E-state index in [-0.39, 0.29) is 11.2 Å². The number of hydrogen-bond acceptors (Lipinski definition) is 3. The molecule has 0 saturated carbocycles. The van der Waals surface area contributed by atoms with Crippen LogP contribution in [0.2, 0.25) is 0 Å². The van der Waals surface area contributed by atoms with Gasteiger partial charge >= 0.3 is 0 Å². The smallest absolute Gasteiger partial charge is 0.267 e. The van der Waals surface area contributed by atoms with Gasteiger partial charge in [-0.2, -0.15) is 0 Å². The number of hydrogen-bond donors (Lipinski definition) is 0. The highest BCUT2D eigenvalue weighted by atomic mass is 127. The Balaban J connectivity index is 1.71. The Hall–Kier alpha value is -2.08. The van der Waals surface area contributed by atoms with Crippen LogP contribution in [-0.4, -0.2) is 5.78 Å². The summed E-state index contributed by atoms with van der Waals surface area (Å²) in [4.78, 5) is 12.1. The molecule has 138 valence electrons. The van der Waals surface area contributed by atoms with Crippen LogP contribution >= 0.6 is 22.6 Å². The molecule has 1 unspecified atom stereocenters. The van der Waals surface area contributed by atoms with Gasteiger partial charge < -0.3 is 9.47 Å². The number of ketones is 1. The van der Waals surface area contributed by atoms with E-state index in [1.54, 1.807) is 6.08 Å². The molecule has 3 nitrogen and oxygen atoms in total. The molecule has 1 aliphatic carbocycles. The number of halogens is 1. The lowest BCUT2D eigenvalue weighted by atomic mass is 9.79. The van der Waals surface area contributed by atoms with E-state index >= 15 is 0 Å². The van der Waals surface area contributed by atoms with Crippen LogP contribution in [-0.2, 0) is 14.3 Å². The van der Waals surface area contributed by atoms with Crippen LogP contribution < -0.4 is 0 Å². The predicted octanol–water partition coefficient (Wildman–Crippen LogP) is 6.27. The molecule has 0 bridgehead atoms. The summed E-state index contributed by atoms with van der Waals surface area (Å²) in [6.45, 7) is 4.18. The van der Waals surface area contributed by atoms with E-state index in [1.165, 1.54) is 0 Å². The Labute approximate surface area is 173 Å². The lowest BCUT2D eigenvalue weighted by molar-refractivity contribution is -0.119. The number of rotatable bonds is 3. The van der Waals surface area contributed by atoms with Gasteiger partial charge in [0.1, 0.15) is 11.5 Å². The third kappa shape index (κ3) is 3.81. The second-order valence-electron chi connectivity index (χ2n) is 7.76. The van der Waals surface area contributed by atoms with Crippen molar-refractivity contribution < 1.29 is 14.3 Å². The summed E-state index contributed by atoms with van der Waals surface area (Å²) in [5.74, 6) is 1.61. The first-order valence-corrected chi connectivity index (χ1v) is 10.1. The van der Waals surface area contributed by atoms with Crippen molar-refractivity contribution in [2.24, 2.45) is 5.41 Å². The van der Waals surface area contributed by atoms with Crippen molar-refractivity contribution in [2.45, 2.75) is 33.0 Å². The zero-order chi connectivity index (χ0) is 19.0. The summed E-state index contributed by atoms with van der Waals surface area (Å²) >= 11 is 2.33. The van der Waals surface area contributed by atoms with Crippen LogP contribution in [0.15, 0.2) is 66.4 Å². The molecule has 0 aromatic heterocycles. The minimum absolute atomic E-state index is 0.0954. The van der Waals surface area contributed by atoms with Crippen LogP contribution in [0.3, 0.4) is 0 Å². The molecule has 4 heteroatoms. The molecule has 2 aromatic carbocycles. The summed E-state index contributed by atoms with van der Waals surface area (Å²) in [6, 6.07) is 18.2. The second kappa shape index (κ2) is 7.15. The third-order valence-electron chi connectivity index (χ3n) is 4.80. The van der Waals surface area contributed by atoms with E-state index < -0.39 is 6.29 Å². The van der Waals surface area contributed by atoms with Crippen LogP contribution in [0, 0.1) is 5.41 Å². The van der Waals surface area contributed by atoms with E-state index in [4.69, 9.17) is 9.47 Å². The van der Waals surface area contributed by atoms with Crippen molar-refractivity contribution in [3.05, 3.63) is 83.1 Å². The summed E-state index contributed by atoms with van der Waals surface area (Å²) < 4.78 is 13.6. The fourth-order valence-electron chi connectivity index (χ4n) is 3.62. The van der Waals surface area contributed by atoms with Crippen molar-refractivity contribution in [3.8, 4) is 0 Å². The van der Waals surface area contributed by atoms with Crippen LogP contribution in [0.4, 0.5) is 0 Å². The monoisotopic (exact) mass is 472 g/mol. The molecular weight excluding hydrogens is 451 g/mol. The largest absolute Gasteiger partial charge is 0.455 e. The summed E-state index contributed by atoms with van der Waals surface area (Å²) in [7, 11) is 0. The van der Waals surface area contributed by atoms with Gasteiger partial charge in [0.2, 0.25) is 0 Å². The summed E-state index contributed by atoms with van der Waals surface area (Å²) in [6.07, 6.45) is 2.34. The minimum atomic E-state index is -0.567. The van der Waals surface area contributed by atoms with Gasteiger partial charge in [-0.05, 0) is 28.0 Å². The van der Waals surface area contributed by atoms with Crippen molar-refractivity contribution in [1.29, 1.82) is 0 Å². The van der Waals surface area contributed by atoms with Gasteiger partial charge in [0, 0.05) is 35.6 Å². The molecule has 0 saturated heterocycles. The quantitative estimate of drug-likeness (QED) is 0.495. The molecule has 0 amide bonds. The number of allylic oxidation sites excluding steroid dienone is 2. The van der Waals surface area contributed by atoms with Gasteiger partial charge in [-0.3, -0.25) is 4.79 Å². The van der Waals surface area contributed by atoms with E-state index in [9.17, 15) is 4.79 Å². The zero-order valence-corrected chi connectivity index (χ0v) is 17.5. The normalized spacial score (nSPS) is 21.2. The van der Waals surface area contributed by atoms with E-state index in [0.29, 0.717) is 12.2 Å². The second-order valence-corrected chi connectivity index (χ2v) is 8.84. The van der Waals surface area contributed by atoms with Crippen molar-refractivity contribution in [3.63, 3.8) is 0 Å². The van der Waals surface area contributed by atoms with Crippen LogP contribution in [0.5, 0.6) is 0 Å². The average Bonchev–Trinajstić information content (AvgIpc) is 2.63. The molecule has 0 radical (unpaired) electrons. The number of carbonyl (C=O) groups is 1. The van der Waals surface area contributed by atoms with E-state index in [2.05, 4.69) is 42.5 Å². The third-order valence-corrected chi connectivity index (χ3v) is 5.87. The Morgan fingerprint density at radius 3 is 2.48 bits per heavy atom. The van der Waals surface area contributed by atoms with Gasteiger partial charge in [0.05, 0.1) is 3.58 Å². The first kappa shape index (κ1) is 18.3. The van der Waals surface area contributed by atoms with Crippen molar-refractivity contribution in [1.82, 2.24) is 0 Å². The first-order valence-electron chi connectivity index (χ1n) is 9.04. The molecule has 0 N–H and O–H groups in total. The highest BCUT2D eigenvalue weighted by Crippen LogP contribution is 2.46. The van der Waals surface area contributed by atoms with Crippen LogP contribution in [0.1, 0.15) is 49.7 Å². The van der Waals surface area contributed by atoms with Gasteiger partial charge in [0.15, 0.2) is 5.78 Å². The Morgan fingerprint density at radius 2 is 1.74 bits per heavy atom. The van der Waals surface area contributed by atoms with Crippen molar-refractivity contribution in [2.75, 3.05) is 0 Å². The minimum Gasteiger partial charge on any atom is -0.455 e. The van der Waals surface area contributed by atoms with Crippen LogP contribution in [0.25, 0.3) is 9.34 Å². The summed E-state index contributed by atoms with van der Waals surface area (Å²) in [5, 5.41) is 0. The molecular formula is C23H21IO3. The number of benzene rings is 2. The fraction of sp³-hybridized carbons (Fsp3) is 0.261. The summed E-state index contributed by atoms with van der Waals surface area (Å²) in [5.41, 5.74) is 3.01. The number of fused-ring (bicyclic) bond motifs is 1. The van der Waals surface area contributed by atoms with Gasteiger partial charge in [-0.1, -0.05) is 68.4 Å². The highest BCUT2D eigenvalue weighted by molar-refractivity contribution is 14.1. The molecule has 0 spiro atoms. The number of ether oxygens (including phenoxy) is 2. The maximum absolute atomic E-state index is 12.1. The molecule has 0 fully saturated rings. The zero-order valence-electron chi connectivity index (χ0n) is 15.4. The Morgan fingerprint density at radius 1 is 1.04 bits per heavy atom. The molecule has 1 aliphatic heterocycles. The molecule has 2 aromatic rings. The van der Waals surface area contributed by atoms with E-state index in [1.807, 2.05) is 48.5 Å². The molecule has 1 atom stereocenters. The standard InChI is InChI=1S/C23H21IO3/c1-23(2)13-16(25)12-17(14-23)26-22-19-11-7-6-10-18(19)20(24)21(27-22)15-8-4-3-5-9-15/h3-12,22H,13-14H2,1-2H3. The van der Waals surface area contributed by atoms with Crippen molar-refractivity contribution >= 4 is 37.7 Å². The predicted molar refractivity (Wildman–Crippen MR) is 115 cm³/mol. The number of carbonyl (C=O) groups excluding carboxylic acids is 1. The van der Waals surface area contributed by atoms with Gasteiger partial charge in [-0.15, -0.1) is 0 Å². The molecule has 4 rings (SSSR count). The maximum Gasteiger partial charge on any atom is 0.267 e. The maximum atomic E-state index is 12.1. The fourth-order valence-corrected chi connectivity index (χ4v) is 4.55.